The molecule has 0 heterocycles. The molecule has 0 aliphatic carbocycles. The summed E-state index contributed by atoms with van der Waals surface area (Å²) in [4.78, 5) is 13.1. The van der Waals surface area contributed by atoms with Crippen molar-refractivity contribution < 1.29 is 22.7 Å². The number of benzene rings is 1. The lowest BCUT2D eigenvalue weighted by molar-refractivity contribution is -0.137. The molecule has 1 aromatic carbocycles. The normalized spacial score (nSPS) is 10.7. The van der Waals surface area contributed by atoms with Crippen LogP contribution in [0.25, 0.3) is 0 Å². The van der Waals surface area contributed by atoms with E-state index in [1.165, 1.54) is 17.0 Å². The summed E-state index contributed by atoms with van der Waals surface area (Å²) in [5, 5.41) is 2.91. The van der Waals surface area contributed by atoms with Crippen LogP contribution in [-0.4, -0.2) is 44.6 Å². The summed E-state index contributed by atoms with van der Waals surface area (Å²) in [6.45, 7) is 0.986. The Labute approximate surface area is 127 Å². The van der Waals surface area contributed by atoms with Gasteiger partial charge < -0.3 is 15.0 Å². The van der Waals surface area contributed by atoms with Gasteiger partial charge in [-0.15, -0.1) is 12.4 Å². The van der Waals surface area contributed by atoms with Gasteiger partial charge in [0.15, 0.2) is 6.61 Å². The van der Waals surface area contributed by atoms with E-state index in [0.29, 0.717) is 13.1 Å². The van der Waals surface area contributed by atoms with Gasteiger partial charge >= 0.3 is 6.18 Å². The Hall–Kier alpha value is -1.47. The van der Waals surface area contributed by atoms with E-state index in [2.05, 4.69) is 5.32 Å². The number of hydrogen-bond donors (Lipinski definition) is 1. The highest BCUT2D eigenvalue weighted by atomic mass is 35.5. The molecule has 0 bridgehead atoms. The summed E-state index contributed by atoms with van der Waals surface area (Å²) in [5.74, 6) is -0.00601. The van der Waals surface area contributed by atoms with Gasteiger partial charge in [0.05, 0.1) is 5.56 Å². The van der Waals surface area contributed by atoms with Crippen LogP contribution in [0.15, 0.2) is 24.3 Å². The van der Waals surface area contributed by atoms with Crippen molar-refractivity contribution >= 4 is 18.3 Å². The monoisotopic (exact) mass is 326 g/mol. The van der Waals surface area contributed by atoms with Crippen LogP contribution in [0.3, 0.4) is 0 Å². The topological polar surface area (TPSA) is 41.6 Å². The Morgan fingerprint density at radius 2 is 1.86 bits per heavy atom. The molecule has 0 fully saturated rings. The zero-order valence-corrected chi connectivity index (χ0v) is 12.6. The molecule has 0 atom stereocenters. The van der Waals surface area contributed by atoms with Crippen molar-refractivity contribution in [3.05, 3.63) is 29.8 Å². The average Bonchev–Trinajstić information content (AvgIpc) is 2.41. The van der Waals surface area contributed by atoms with E-state index in [-0.39, 0.29) is 30.7 Å². The molecule has 1 aromatic rings. The summed E-state index contributed by atoms with van der Waals surface area (Å²) in [6, 6.07) is 4.24. The summed E-state index contributed by atoms with van der Waals surface area (Å²) in [7, 11) is 3.41. The minimum absolute atomic E-state index is 0. The molecule has 1 rings (SSSR count). The fourth-order valence-corrected chi connectivity index (χ4v) is 1.40. The number of likely N-dealkylation sites (N-methyl/N-ethyl adjacent to an activating group) is 2. The molecule has 0 aliphatic rings. The van der Waals surface area contributed by atoms with Crippen LogP contribution in [0.4, 0.5) is 13.2 Å². The average molecular weight is 327 g/mol. The van der Waals surface area contributed by atoms with Gasteiger partial charge in [0, 0.05) is 20.1 Å². The quantitative estimate of drug-likeness (QED) is 0.871. The fraction of sp³-hybridized carbons (Fsp3) is 0.462. The van der Waals surface area contributed by atoms with Gasteiger partial charge in [-0.2, -0.15) is 13.2 Å². The number of rotatable bonds is 6. The first-order chi connectivity index (χ1) is 9.34. The summed E-state index contributed by atoms with van der Waals surface area (Å²) in [6.07, 6.45) is -4.37. The summed E-state index contributed by atoms with van der Waals surface area (Å²) < 4.78 is 42.2. The molecule has 0 aromatic heterocycles. The Morgan fingerprint density at radius 3 is 2.33 bits per heavy atom. The van der Waals surface area contributed by atoms with E-state index in [4.69, 9.17) is 4.74 Å². The number of nitrogens with one attached hydrogen (secondary N) is 1. The molecular weight excluding hydrogens is 309 g/mol. The van der Waals surface area contributed by atoms with Crippen LogP contribution in [0.5, 0.6) is 5.75 Å². The van der Waals surface area contributed by atoms with Gasteiger partial charge in [0.2, 0.25) is 0 Å². The predicted molar refractivity (Wildman–Crippen MR) is 75.8 cm³/mol. The standard InChI is InChI=1S/C13H17F3N2O2.ClH/c1-17-7-8-18(2)12(19)9-20-11-5-3-10(4-6-11)13(14,15)16;/h3-6,17H,7-9H2,1-2H3;1H. The van der Waals surface area contributed by atoms with Crippen LogP contribution in [0, 0.1) is 0 Å². The number of hydrogen-bond acceptors (Lipinski definition) is 3. The van der Waals surface area contributed by atoms with Gasteiger partial charge in [-0.3, -0.25) is 4.79 Å². The molecule has 8 heteroatoms. The minimum atomic E-state index is -4.37. The highest BCUT2D eigenvalue weighted by molar-refractivity contribution is 5.85. The zero-order chi connectivity index (χ0) is 15.2. The Kier molecular flexibility index (Phi) is 8.12. The largest absolute Gasteiger partial charge is 0.484 e. The fourth-order valence-electron chi connectivity index (χ4n) is 1.40. The minimum Gasteiger partial charge on any atom is -0.484 e. The predicted octanol–water partition coefficient (Wildman–Crippen LogP) is 2.18. The maximum Gasteiger partial charge on any atom is 0.416 e. The second kappa shape index (κ2) is 8.74. The van der Waals surface area contributed by atoms with Crippen molar-refractivity contribution in [1.29, 1.82) is 0 Å². The maximum absolute atomic E-state index is 12.4. The van der Waals surface area contributed by atoms with Crippen LogP contribution in [0.2, 0.25) is 0 Å². The molecule has 120 valence electrons. The molecule has 0 spiro atoms. The smallest absolute Gasteiger partial charge is 0.416 e. The Bertz CT molecular complexity index is 438. The van der Waals surface area contributed by atoms with E-state index in [9.17, 15) is 18.0 Å². The third-order valence-electron chi connectivity index (χ3n) is 2.67. The highest BCUT2D eigenvalue weighted by Gasteiger charge is 2.30. The first kappa shape index (κ1) is 19.5. The van der Waals surface area contributed by atoms with Gasteiger partial charge in [-0.1, -0.05) is 0 Å². The second-order valence-electron chi connectivity index (χ2n) is 4.23. The molecule has 0 radical (unpaired) electrons. The zero-order valence-electron chi connectivity index (χ0n) is 11.7. The van der Waals surface area contributed by atoms with Crippen LogP contribution >= 0.6 is 12.4 Å². The van der Waals surface area contributed by atoms with Crippen molar-refractivity contribution in [1.82, 2.24) is 10.2 Å². The third-order valence-corrected chi connectivity index (χ3v) is 2.67. The van der Waals surface area contributed by atoms with E-state index >= 15 is 0 Å². The molecule has 1 amide bonds. The lowest BCUT2D eigenvalue weighted by atomic mass is 10.2. The van der Waals surface area contributed by atoms with E-state index in [1.807, 2.05) is 0 Å². The molecule has 0 saturated carbocycles. The van der Waals surface area contributed by atoms with Gasteiger partial charge in [-0.25, -0.2) is 0 Å². The summed E-state index contributed by atoms with van der Waals surface area (Å²) >= 11 is 0. The number of alkyl halides is 3. The van der Waals surface area contributed by atoms with Crippen LogP contribution < -0.4 is 10.1 Å². The Morgan fingerprint density at radius 1 is 1.29 bits per heavy atom. The van der Waals surface area contributed by atoms with Gasteiger partial charge in [0.25, 0.3) is 5.91 Å². The lowest BCUT2D eigenvalue weighted by Gasteiger charge is -2.17. The maximum atomic E-state index is 12.4. The number of nitrogens with zero attached hydrogens (tertiary/aromatic N) is 1. The van der Waals surface area contributed by atoms with Gasteiger partial charge in [0.1, 0.15) is 5.75 Å². The first-order valence-electron chi connectivity index (χ1n) is 6.03. The van der Waals surface area contributed by atoms with E-state index < -0.39 is 11.7 Å². The van der Waals surface area contributed by atoms with Crippen molar-refractivity contribution in [2.45, 2.75) is 6.18 Å². The molecule has 1 N–H and O–H groups in total. The lowest BCUT2D eigenvalue weighted by Crippen LogP contribution is -2.35. The summed E-state index contributed by atoms with van der Waals surface area (Å²) in [5.41, 5.74) is -0.748. The molecular formula is C13H18ClF3N2O2. The molecule has 21 heavy (non-hydrogen) atoms. The highest BCUT2D eigenvalue weighted by Crippen LogP contribution is 2.30. The SMILES string of the molecule is CNCCN(C)C(=O)COc1ccc(C(F)(F)F)cc1.Cl. The van der Waals surface area contributed by atoms with E-state index in [0.717, 1.165) is 12.1 Å². The van der Waals surface area contributed by atoms with Gasteiger partial charge in [-0.05, 0) is 31.3 Å². The molecule has 0 saturated heterocycles. The molecule has 4 nitrogen and oxygen atoms in total. The first-order valence-corrected chi connectivity index (χ1v) is 6.03. The number of halogens is 4. The third kappa shape index (κ3) is 6.68. The molecule has 0 unspecified atom stereocenters. The van der Waals surface area contributed by atoms with Crippen LogP contribution in [0.1, 0.15) is 5.56 Å². The Balaban J connectivity index is 0.00000400. The second-order valence-corrected chi connectivity index (χ2v) is 4.23. The van der Waals surface area contributed by atoms with Crippen molar-refractivity contribution in [2.75, 3.05) is 33.8 Å². The van der Waals surface area contributed by atoms with Crippen molar-refractivity contribution in [3.8, 4) is 5.75 Å². The number of carbonyl (C=O) groups excluding carboxylic acids is 1. The van der Waals surface area contributed by atoms with Crippen molar-refractivity contribution in [2.24, 2.45) is 0 Å². The molecule has 0 aliphatic heterocycles. The number of amides is 1. The number of carbonyl (C=O) groups is 1. The van der Waals surface area contributed by atoms with Crippen molar-refractivity contribution in [3.63, 3.8) is 0 Å². The van der Waals surface area contributed by atoms with E-state index in [1.54, 1.807) is 14.1 Å². The number of ether oxygens (including phenoxy) is 1. The van der Waals surface area contributed by atoms with Crippen LogP contribution in [-0.2, 0) is 11.0 Å².